The molecule has 0 aliphatic carbocycles. The lowest BCUT2D eigenvalue weighted by Gasteiger charge is -2.06. The average Bonchev–Trinajstić information content (AvgIpc) is 2.46. The first-order chi connectivity index (χ1) is 9.69. The van der Waals surface area contributed by atoms with Gasteiger partial charge in [0.1, 0.15) is 5.82 Å². The number of hydrogen-bond acceptors (Lipinski definition) is 1. The van der Waals surface area contributed by atoms with E-state index >= 15 is 0 Å². The number of carbonyl (C=O) groups excluding carboxylic acids is 1. The Kier molecular flexibility index (Phi) is 4.52. The molecular formula is C17H14FNO. The molecule has 2 rings (SSSR count). The van der Waals surface area contributed by atoms with Crippen LogP contribution in [0.5, 0.6) is 0 Å². The summed E-state index contributed by atoms with van der Waals surface area (Å²) >= 11 is 0. The SMILES string of the molecule is C#Cc1cccc(NC(=O)CCc2ccccc2F)c1. The van der Waals surface area contributed by atoms with Gasteiger partial charge in [0.2, 0.25) is 5.91 Å². The van der Waals surface area contributed by atoms with Crippen LogP contribution in [-0.2, 0) is 11.2 Å². The third kappa shape index (κ3) is 3.69. The van der Waals surface area contributed by atoms with Crippen molar-refractivity contribution in [3.63, 3.8) is 0 Å². The first-order valence-corrected chi connectivity index (χ1v) is 6.29. The molecule has 0 heterocycles. The molecule has 0 fully saturated rings. The van der Waals surface area contributed by atoms with Crippen molar-refractivity contribution >= 4 is 11.6 Å². The largest absolute Gasteiger partial charge is 0.326 e. The van der Waals surface area contributed by atoms with Gasteiger partial charge in [0.25, 0.3) is 0 Å². The molecule has 0 aliphatic rings. The molecule has 2 nitrogen and oxygen atoms in total. The average molecular weight is 267 g/mol. The summed E-state index contributed by atoms with van der Waals surface area (Å²) in [5.74, 6) is 2.06. The van der Waals surface area contributed by atoms with Gasteiger partial charge in [0.05, 0.1) is 0 Å². The van der Waals surface area contributed by atoms with E-state index in [1.165, 1.54) is 6.07 Å². The second kappa shape index (κ2) is 6.53. The fourth-order valence-corrected chi connectivity index (χ4v) is 1.86. The summed E-state index contributed by atoms with van der Waals surface area (Å²) in [6, 6.07) is 13.5. The van der Waals surface area contributed by atoms with E-state index in [0.29, 0.717) is 23.2 Å². The molecule has 0 bridgehead atoms. The monoisotopic (exact) mass is 267 g/mol. The third-order valence-corrected chi connectivity index (χ3v) is 2.89. The topological polar surface area (TPSA) is 29.1 Å². The molecule has 0 spiro atoms. The van der Waals surface area contributed by atoms with Gasteiger partial charge >= 0.3 is 0 Å². The van der Waals surface area contributed by atoms with E-state index in [1.54, 1.807) is 42.5 Å². The molecule has 2 aromatic carbocycles. The van der Waals surface area contributed by atoms with Crippen LogP contribution < -0.4 is 5.32 Å². The van der Waals surface area contributed by atoms with Gasteiger partial charge in [0, 0.05) is 17.7 Å². The fourth-order valence-electron chi connectivity index (χ4n) is 1.86. The summed E-state index contributed by atoms with van der Waals surface area (Å²) in [7, 11) is 0. The van der Waals surface area contributed by atoms with Crippen molar-refractivity contribution in [3.05, 3.63) is 65.5 Å². The maximum absolute atomic E-state index is 13.4. The lowest BCUT2D eigenvalue weighted by molar-refractivity contribution is -0.116. The van der Waals surface area contributed by atoms with E-state index in [0.717, 1.165) is 0 Å². The highest BCUT2D eigenvalue weighted by Gasteiger charge is 2.06. The second-order valence-electron chi connectivity index (χ2n) is 4.36. The summed E-state index contributed by atoms with van der Waals surface area (Å²) in [4.78, 5) is 11.8. The minimum Gasteiger partial charge on any atom is -0.326 e. The van der Waals surface area contributed by atoms with Gasteiger partial charge in [-0.15, -0.1) is 6.42 Å². The molecule has 100 valence electrons. The molecule has 0 radical (unpaired) electrons. The summed E-state index contributed by atoms with van der Waals surface area (Å²) < 4.78 is 13.4. The van der Waals surface area contributed by atoms with Crippen LogP contribution in [0.2, 0.25) is 0 Å². The Hall–Kier alpha value is -2.60. The molecule has 1 N–H and O–H groups in total. The zero-order chi connectivity index (χ0) is 14.4. The van der Waals surface area contributed by atoms with Gasteiger partial charge < -0.3 is 5.32 Å². The van der Waals surface area contributed by atoms with Crippen LogP contribution in [0.4, 0.5) is 10.1 Å². The first-order valence-electron chi connectivity index (χ1n) is 6.29. The Morgan fingerprint density at radius 2 is 2.00 bits per heavy atom. The Labute approximate surface area is 117 Å². The van der Waals surface area contributed by atoms with Crippen molar-refractivity contribution in [2.75, 3.05) is 5.32 Å². The summed E-state index contributed by atoms with van der Waals surface area (Å²) in [6.45, 7) is 0. The van der Waals surface area contributed by atoms with Crippen molar-refractivity contribution in [2.45, 2.75) is 12.8 Å². The second-order valence-corrected chi connectivity index (χ2v) is 4.36. The van der Waals surface area contributed by atoms with Crippen LogP contribution in [0.1, 0.15) is 17.5 Å². The molecule has 0 aliphatic heterocycles. The van der Waals surface area contributed by atoms with Gasteiger partial charge in [-0.3, -0.25) is 4.79 Å². The highest BCUT2D eigenvalue weighted by atomic mass is 19.1. The van der Waals surface area contributed by atoms with Crippen LogP contribution >= 0.6 is 0 Å². The predicted molar refractivity (Wildman–Crippen MR) is 77.7 cm³/mol. The van der Waals surface area contributed by atoms with E-state index in [2.05, 4.69) is 11.2 Å². The normalized spacial score (nSPS) is 9.80. The van der Waals surface area contributed by atoms with Crippen LogP contribution in [0.15, 0.2) is 48.5 Å². The van der Waals surface area contributed by atoms with Crippen molar-refractivity contribution in [3.8, 4) is 12.3 Å². The number of rotatable bonds is 4. The Morgan fingerprint density at radius 3 is 2.75 bits per heavy atom. The number of anilines is 1. The minimum absolute atomic E-state index is 0.164. The minimum atomic E-state index is -0.283. The molecule has 3 heteroatoms. The third-order valence-electron chi connectivity index (χ3n) is 2.89. The van der Waals surface area contributed by atoms with Crippen LogP contribution in [0.25, 0.3) is 0 Å². The highest BCUT2D eigenvalue weighted by Crippen LogP contribution is 2.12. The van der Waals surface area contributed by atoms with Gasteiger partial charge in [-0.25, -0.2) is 4.39 Å². The number of benzene rings is 2. The zero-order valence-electron chi connectivity index (χ0n) is 10.9. The predicted octanol–water partition coefficient (Wildman–Crippen LogP) is 3.38. The quantitative estimate of drug-likeness (QED) is 0.845. The number of hydrogen-bond donors (Lipinski definition) is 1. The fraction of sp³-hybridized carbons (Fsp3) is 0.118. The lowest BCUT2D eigenvalue weighted by Crippen LogP contribution is -2.12. The molecule has 0 aromatic heterocycles. The van der Waals surface area contributed by atoms with Gasteiger partial charge in [0.15, 0.2) is 0 Å². The zero-order valence-corrected chi connectivity index (χ0v) is 10.9. The smallest absolute Gasteiger partial charge is 0.224 e. The highest BCUT2D eigenvalue weighted by molar-refractivity contribution is 5.91. The number of aryl methyl sites for hydroxylation is 1. The number of terminal acetylenes is 1. The summed E-state index contributed by atoms with van der Waals surface area (Å²) in [5.41, 5.74) is 1.90. The lowest BCUT2D eigenvalue weighted by atomic mass is 10.1. The van der Waals surface area contributed by atoms with E-state index in [4.69, 9.17) is 6.42 Å². The molecule has 0 atom stereocenters. The Morgan fingerprint density at radius 1 is 1.20 bits per heavy atom. The summed E-state index contributed by atoms with van der Waals surface area (Å²) in [6.07, 6.45) is 5.89. The maximum atomic E-state index is 13.4. The molecule has 0 saturated heterocycles. The van der Waals surface area contributed by atoms with E-state index < -0.39 is 0 Å². The van der Waals surface area contributed by atoms with Crippen LogP contribution in [0, 0.1) is 18.2 Å². The van der Waals surface area contributed by atoms with Crippen molar-refractivity contribution in [2.24, 2.45) is 0 Å². The number of amides is 1. The Balaban J connectivity index is 1.93. The number of carbonyl (C=O) groups is 1. The molecular weight excluding hydrogens is 253 g/mol. The van der Waals surface area contributed by atoms with E-state index in [9.17, 15) is 9.18 Å². The van der Waals surface area contributed by atoms with Gasteiger partial charge in [-0.2, -0.15) is 0 Å². The molecule has 2 aromatic rings. The number of nitrogens with one attached hydrogen (secondary N) is 1. The van der Waals surface area contributed by atoms with E-state index in [1.807, 2.05) is 0 Å². The number of halogens is 1. The Bertz CT molecular complexity index is 658. The summed E-state index contributed by atoms with van der Waals surface area (Å²) in [5, 5.41) is 2.75. The van der Waals surface area contributed by atoms with Crippen molar-refractivity contribution < 1.29 is 9.18 Å². The molecule has 0 unspecified atom stereocenters. The van der Waals surface area contributed by atoms with Crippen LogP contribution in [-0.4, -0.2) is 5.91 Å². The van der Waals surface area contributed by atoms with Gasteiger partial charge in [-0.05, 0) is 36.2 Å². The molecule has 0 saturated carbocycles. The van der Waals surface area contributed by atoms with Crippen LogP contribution in [0.3, 0.4) is 0 Å². The molecule has 1 amide bonds. The first kappa shape index (κ1) is 13.8. The van der Waals surface area contributed by atoms with E-state index in [-0.39, 0.29) is 18.1 Å². The maximum Gasteiger partial charge on any atom is 0.224 e. The molecule has 20 heavy (non-hydrogen) atoms. The standard InChI is InChI=1S/C17H14FNO/c1-2-13-6-5-8-15(12-13)19-17(20)11-10-14-7-3-4-9-16(14)18/h1,3-9,12H,10-11H2,(H,19,20). The van der Waals surface area contributed by atoms with Gasteiger partial charge in [-0.1, -0.05) is 30.2 Å². The van der Waals surface area contributed by atoms with Crippen molar-refractivity contribution in [1.82, 2.24) is 0 Å². The van der Waals surface area contributed by atoms with Crippen molar-refractivity contribution in [1.29, 1.82) is 0 Å².